The molecule has 3 aromatic carbocycles. The fraction of sp³-hybridized carbons (Fsp3) is 0.455. The summed E-state index contributed by atoms with van der Waals surface area (Å²) < 4.78 is 30.3. The van der Waals surface area contributed by atoms with E-state index in [1.165, 1.54) is 10.4 Å². The van der Waals surface area contributed by atoms with Crippen molar-refractivity contribution in [3.63, 3.8) is 0 Å². The zero-order valence-electron chi connectivity index (χ0n) is 24.6. The summed E-state index contributed by atoms with van der Waals surface area (Å²) in [5.74, 6) is 0. The van der Waals surface area contributed by atoms with Crippen LogP contribution in [0, 0.1) is 0 Å². The molecule has 0 aliphatic rings. The van der Waals surface area contributed by atoms with Crippen LogP contribution in [0.5, 0.6) is 0 Å². The third kappa shape index (κ3) is 9.35. The number of hydrogen-bond acceptors (Lipinski definition) is 6. The van der Waals surface area contributed by atoms with Crippen molar-refractivity contribution in [2.75, 3.05) is 33.4 Å². The Morgan fingerprint density at radius 1 is 0.675 bits per heavy atom. The van der Waals surface area contributed by atoms with E-state index in [0.717, 1.165) is 5.56 Å². The lowest BCUT2D eigenvalue weighted by Crippen LogP contribution is -2.67. The van der Waals surface area contributed by atoms with E-state index in [1.807, 2.05) is 18.2 Å². The molecule has 3 aromatic rings. The Hall–Kier alpha value is -2.36. The fourth-order valence-corrected chi connectivity index (χ4v) is 9.51. The summed E-state index contributed by atoms with van der Waals surface area (Å²) in [6.07, 6.45) is 0.0673. The quantitative estimate of drug-likeness (QED) is 0.142. The standard InChI is InChI=1S/C33H46O6Si/c1-27(22-34)37-25-36-24-30(21-29-15-9-6-10-16-29)38-26-35-23-28(2)39-40(33(3,4)5,31-17-11-7-12-18-31)32-19-13-8-14-20-32/h6-20,27-28,30,34H,21-26H2,1-5H3/t27-,28-,30-/m1/s1. The predicted octanol–water partition coefficient (Wildman–Crippen LogP) is 4.93. The van der Waals surface area contributed by atoms with Crippen LogP contribution in [0.1, 0.15) is 40.2 Å². The average molecular weight is 567 g/mol. The summed E-state index contributed by atoms with van der Waals surface area (Å²) in [6.45, 7) is 11.6. The van der Waals surface area contributed by atoms with Crippen molar-refractivity contribution in [1.82, 2.24) is 0 Å². The van der Waals surface area contributed by atoms with Gasteiger partial charge in [0.05, 0.1) is 38.1 Å². The zero-order valence-corrected chi connectivity index (χ0v) is 25.6. The minimum Gasteiger partial charge on any atom is -0.402 e. The van der Waals surface area contributed by atoms with Gasteiger partial charge in [0.25, 0.3) is 8.32 Å². The number of aliphatic hydroxyl groups is 1. The van der Waals surface area contributed by atoms with E-state index in [1.54, 1.807) is 6.92 Å². The van der Waals surface area contributed by atoms with Gasteiger partial charge in [-0.3, -0.25) is 0 Å². The maximum atomic E-state index is 9.14. The number of ether oxygens (including phenoxy) is 4. The second-order valence-corrected chi connectivity index (χ2v) is 15.5. The molecule has 0 saturated heterocycles. The molecule has 0 spiro atoms. The van der Waals surface area contributed by atoms with Gasteiger partial charge in [-0.15, -0.1) is 0 Å². The lowest BCUT2D eigenvalue weighted by molar-refractivity contribution is -0.149. The molecule has 0 fully saturated rings. The van der Waals surface area contributed by atoms with E-state index in [2.05, 4.69) is 100 Å². The Kier molecular flexibility index (Phi) is 13.0. The molecule has 0 radical (unpaired) electrons. The van der Waals surface area contributed by atoms with Crippen molar-refractivity contribution in [2.45, 2.75) is 64.4 Å². The van der Waals surface area contributed by atoms with Crippen LogP contribution >= 0.6 is 0 Å². The maximum absolute atomic E-state index is 9.14. The van der Waals surface area contributed by atoms with Crippen LogP contribution in [-0.4, -0.2) is 65.1 Å². The number of benzene rings is 3. The van der Waals surface area contributed by atoms with Gasteiger partial charge in [-0.25, -0.2) is 0 Å². The van der Waals surface area contributed by atoms with Crippen LogP contribution in [-0.2, 0) is 29.8 Å². The molecule has 0 saturated carbocycles. The van der Waals surface area contributed by atoms with Gasteiger partial charge in [0.15, 0.2) is 0 Å². The van der Waals surface area contributed by atoms with Crippen molar-refractivity contribution in [3.8, 4) is 0 Å². The van der Waals surface area contributed by atoms with E-state index < -0.39 is 8.32 Å². The molecule has 0 unspecified atom stereocenters. The third-order valence-electron chi connectivity index (χ3n) is 6.84. The molecule has 0 aliphatic carbocycles. The summed E-state index contributed by atoms with van der Waals surface area (Å²) in [5.41, 5.74) is 1.16. The highest BCUT2D eigenvalue weighted by molar-refractivity contribution is 6.99. The molecule has 0 heterocycles. The van der Waals surface area contributed by atoms with Crippen LogP contribution in [0.3, 0.4) is 0 Å². The van der Waals surface area contributed by atoms with E-state index in [-0.39, 0.29) is 43.5 Å². The molecule has 6 nitrogen and oxygen atoms in total. The van der Waals surface area contributed by atoms with Crippen molar-refractivity contribution in [1.29, 1.82) is 0 Å². The molecule has 0 aromatic heterocycles. The molecular formula is C33H46O6Si. The predicted molar refractivity (Wildman–Crippen MR) is 162 cm³/mol. The van der Waals surface area contributed by atoms with Crippen molar-refractivity contribution < 1.29 is 28.5 Å². The third-order valence-corrected chi connectivity index (χ3v) is 12.0. The minimum absolute atomic E-state index is 0.0463. The van der Waals surface area contributed by atoms with Gasteiger partial charge >= 0.3 is 0 Å². The number of rotatable bonds is 17. The first-order chi connectivity index (χ1) is 19.3. The van der Waals surface area contributed by atoms with Gasteiger partial charge in [-0.05, 0) is 34.8 Å². The molecular weight excluding hydrogens is 520 g/mol. The molecule has 218 valence electrons. The lowest BCUT2D eigenvalue weighted by atomic mass is 10.1. The molecule has 7 heteroatoms. The summed E-state index contributed by atoms with van der Waals surface area (Å²) in [6, 6.07) is 31.4. The van der Waals surface area contributed by atoms with Crippen molar-refractivity contribution in [2.24, 2.45) is 0 Å². The van der Waals surface area contributed by atoms with Gasteiger partial charge in [0.1, 0.15) is 13.6 Å². The van der Waals surface area contributed by atoms with Crippen LogP contribution < -0.4 is 10.4 Å². The van der Waals surface area contributed by atoms with Gasteiger partial charge in [0.2, 0.25) is 0 Å². The van der Waals surface area contributed by atoms with Gasteiger partial charge in [-0.1, -0.05) is 112 Å². The van der Waals surface area contributed by atoms with Gasteiger partial charge < -0.3 is 28.5 Å². The molecule has 40 heavy (non-hydrogen) atoms. The Morgan fingerprint density at radius 2 is 1.18 bits per heavy atom. The van der Waals surface area contributed by atoms with E-state index in [4.69, 9.17) is 28.5 Å². The topological polar surface area (TPSA) is 66.4 Å². The molecule has 0 amide bonds. The van der Waals surface area contributed by atoms with Crippen LogP contribution in [0.4, 0.5) is 0 Å². The molecule has 0 aliphatic heterocycles. The van der Waals surface area contributed by atoms with E-state index >= 15 is 0 Å². The summed E-state index contributed by atoms with van der Waals surface area (Å²) in [7, 11) is -2.65. The van der Waals surface area contributed by atoms with E-state index in [9.17, 15) is 0 Å². The lowest BCUT2D eigenvalue weighted by Gasteiger charge is -2.44. The highest BCUT2D eigenvalue weighted by Gasteiger charge is 2.51. The van der Waals surface area contributed by atoms with Crippen LogP contribution in [0.2, 0.25) is 5.04 Å². The van der Waals surface area contributed by atoms with Crippen molar-refractivity contribution in [3.05, 3.63) is 96.6 Å². The fourth-order valence-electron chi connectivity index (χ4n) is 4.82. The molecule has 3 rings (SSSR count). The second kappa shape index (κ2) is 16.2. The normalized spacial score (nSPS) is 14.6. The Bertz CT molecular complexity index is 1030. The molecule has 3 atom stereocenters. The average Bonchev–Trinajstić information content (AvgIpc) is 2.96. The highest BCUT2D eigenvalue weighted by Crippen LogP contribution is 2.37. The first-order valence-corrected chi connectivity index (χ1v) is 16.0. The minimum atomic E-state index is -2.65. The molecule has 0 bridgehead atoms. The number of hydrogen-bond donors (Lipinski definition) is 1. The maximum Gasteiger partial charge on any atom is 0.261 e. The zero-order chi connectivity index (χ0) is 28.8. The van der Waals surface area contributed by atoms with Crippen LogP contribution in [0.15, 0.2) is 91.0 Å². The first kappa shape index (κ1) is 32.2. The SMILES string of the molecule is C[C@H](CO)OCOC[C@@H](Cc1ccccc1)OCOC[C@@H](C)O[Si](c1ccccc1)(c1ccccc1)C(C)(C)C. The monoisotopic (exact) mass is 566 g/mol. The highest BCUT2D eigenvalue weighted by atomic mass is 28.4. The summed E-state index contributed by atoms with van der Waals surface area (Å²) in [4.78, 5) is 0. The smallest absolute Gasteiger partial charge is 0.261 e. The van der Waals surface area contributed by atoms with Crippen LogP contribution in [0.25, 0.3) is 0 Å². The van der Waals surface area contributed by atoms with Gasteiger partial charge in [-0.2, -0.15) is 0 Å². The largest absolute Gasteiger partial charge is 0.402 e. The summed E-state index contributed by atoms with van der Waals surface area (Å²) in [5, 5.41) is 11.5. The summed E-state index contributed by atoms with van der Waals surface area (Å²) >= 11 is 0. The van der Waals surface area contributed by atoms with Crippen molar-refractivity contribution >= 4 is 18.7 Å². The molecule has 1 N–H and O–H groups in total. The van der Waals surface area contributed by atoms with Gasteiger partial charge in [0, 0.05) is 6.42 Å². The second-order valence-electron chi connectivity index (χ2n) is 11.2. The Balaban J connectivity index is 1.63. The Morgan fingerprint density at radius 3 is 1.70 bits per heavy atom. The van der Waals surface area contributed by atoms with E-state index in [0.29, 0.717) is 19.6 Å². The first-order valence-electron chi connectivity index (χ1n) is 14.1. The number of aliphatic hydroxyl groups excluding tert-OH is 1. The Labute approximate surface area is 241 Å².